The summed E-state index contributed by atoms with van der Waals surface area (Å²) in [5, 5.41) is 13.7. The number of hydrogen-bond donors (Lipinski definition) is 1. The zero-order chi connectivity index (χ0) is 21.7. The second-order valence-corrected chi connectivity index (χ2v) is 9.42. The number of aromatic nitrogens is 4. The molecule has 0 spiro atoms. The van der Waals surface area contributed by atoms with E-state index in [9.17, 15) is 8.42 Å². The molecule has 4 aromatic rings. The first-order valence-electron chi connectivity index (χ1n) is 9.57. The first kappa shape index (κ1) is 21.3. The van der Waals surface area contributed by atoms with Crippen LogP contribution in [-0.2, 0) is 22.2 Å². The van der Waals surface area contributed by atoms with Gasteiger partial charge in [-0.1, -0.05) is 42.1 Å². The van der Waals surface area contributed by atoms with Crippen LogP contribution in [0.25, 0.3) is 5.65 Å². The smallest absolute Gasteiger partial charge is 0.240 e. The van der Waals surface area contributed by atoms with Crippen molar-refractivity contribution in [3.63, 3.8) is 0 Å². The third-order valence-electron chi connectivity index (χ3n) is 4.54. The lowest BCUT2D eigenvalue weighted by atomic mass is 10.2. The Hall–Kier alpha value is -2.95. The SMILES string of the molecule is COc1ccc(S(=O)(=O)NCCc2nnc3ccc(SCc4ccccc4)nn23)cc1. The maximum Gasteiger partial charge on any atom is 0.240 e. The molecule has 10 heteroatoms. The van der Waals surface area contributed by atoms with Gasteiger partial charge < -0.3 is 4.74 Å². The van der Waals surface area contributed by atoms with E-state index in [1.165, 1.54) is 24.8 Å². The van der Waals surface area contributed by atoms with Crippen LogP contribution in [0.2, 0.25) is 0 Å². The van der Waals surface area contributed by atoms with Gasteiger partial charge in [0.25, 0.3) is 0 Å². The average molecular weight is 456 g/mol. The van der Waals surface area contributed by atoms with Gasteiger partial charge in [0.2, 0.25) is 10.0 Å². The molecular formula is C21H21N5O3S2. The molecule has 0 unspecified atom stereocenters. The number of methoxy groups -OCH3 is 1. The molecule has 0 atom stereocenters. The third kappa shape index (κ3) is 5.22. The van der Waals surface area contributed by atoms with Crippen LogP contribution < -0.4 is 9.46 Å². The van der Waals surface area contributed by atoms with Gasteiger partial charge in [-0.05, 0) is 42.0 Å². The zero-order valence-corrected chi connectivity index (χ0v) is 18.4. The fraction of sp³-hybridized carbons (Fsp3) is 0.190. The predicted molar refractivity (Wildman–Crippen MR) is 119 cm³/mol. The van der Waals surface area contributed by atoms with Crippen molar-refractivity contribution in [3.05, 3.63) is 78.1 Å². The number of thioether (sulfide) groups is 1. The molecule has 0 fully saturated rings. The summed E-state index contributed by atoms with van der Waals surface area (Å²) in [5.41, 5.74) is 1.84. The molecule has 0 saturated carbocycles. The molecule has 4 rings (SSSR count). The molecule has 160 valence electrons. The van der Waals surface area contributed by atoms with E-state index in [0.29, 0.717) is 23.6 Å². The van der Waals surface area contributed by atoms with Crippen LogP contribution in [-0.4, -0.2) is 41.9 Å². The first-order valence-corrected chi connectivity index (χ1v) is 12.0. The highest BCUT2D eigenvalue weighted by Crippen LogP contribution is 2.21. The van der Waals surface area contributed by atoms with Crippen molar-refractivity contribution >= 4 is 27.4 Å². The van der Waals surface area contributed by atoms with Crippen molar-refractivity contribution in [2.75, 3.05) is 13.7 Å². The zero-order valence-electron chi connectivity index (χ0n) is 16.8. The topological polar surface area (TPSA) is 98.5 Å². The van der Waals surface area contributed by atoms with E-state index in [0.717, 1.165) is 10.8 Å². The highest BCUT2D eigenvalue weighted by molar-refractivity contribution is 7.98. The van der Waals surface area contributed by atoms with Crippen LogP contribution in [0.4, 0.5) is 0 Å². The Morgan fingerprint density at radius 1 is 1.00 bits per heavy atom. The highest BCUT2D eigenvalue weighted by atomic mass is 32.2. The van der Waals surface area contributed by atoms with Gasteiger partial charge in [-0.3, -0.25) is 0 Å². The van der Waals surface area contributed by atoms with Crippen LogP contribution in [0.5, 0.6) is 5.75 Å². The van der Waals surface area contributed by atoms with E-state index >= 15 is 0 Å². The van der Waals surface area contributed by atoms with Crippen molar-refractivity contribution in [2.45, 2.75) is 22.1 Å². The Balaban J connectivity index is 1.41. The Labute approximate surface area is 184 Å². The van der Waals surface area contributed by atoms with Gasteiger partial charge in [0.15, 0.2) is 11.5 Å². The minimum absolute atomic E-state index is 0.178. The number of nitrogens with zero attached hydrogens (tertiary/aromatic N) is 4. The summed E-state index contributed by atoms with van der Waals surface area (Å²) in [5.74, 6) is 1.99. The summed E-state index contributed by atoms with van der Waals surface area (Å²) >= 11 is 1.62. The van der Waals surface area contributed by atoms with Crippen LogP contribution in [0.3, 0.4) is 0 Å². The van der Waals surface area contributed by atoms with Gasteiger partial charge in [0.05, 0.1) is 12.0 Å². The van der Waals surface area contributed by atoms with E-state index in [1.54, 1.807) is 28.4 Å². The maximum atomic E-state index is 12.5. The van der Waals surface area contributed by atoms with Crippen LogP contribution in [0.1, 0.15) is 11.4 Å². The molecule has 2 aromatic heterocycles. The second kappa shape index (κ2) is 9.46. The third-order valence-corrected chi connectivity index (χ3v) is 7.01. The van der Waals surface area contributed by atoms with E-state index in [1.807, 2.05) is 30.3 Å². The summed E-state index contributed by atoms with van der Waals surface area (Å²) in [6, 6.07) is 20.2. The number of hydrogen-bond acceptors (Lipinski definition) is 7. The van der Waals surface area contributed by atoms with Gasteiger partial charge in [-0.2, -0.15) is 9.61 Å². The van der Waals surface area contributed by atoms with Gasteiger partial charge in [0, 0.05) is 18.7 Å². The molecule has 0 aliphatic heterocycles. The largest absolute Gasteiger partial charge is 0.497 e. The summed E-state index contributed by atoms with van der Waals surface area (Å²) in [7, 11) is -2.09. The average Bonchev–Trinajstić information content (AvgIpc) is 3.20. The fourth-order valence-electron chi connectivity index (χ4n) is 2.92. The standard InChI is InChI=1S/C21H21N5O3S2/c1-29-17-7-9-18(10-8-17)31(27,28)22-14-13-20-24-23-19-11-12-21(25-26(19)20)30-15-16-5-3-2-4-6-16/h2-12,22H,13-15H2,1H3. The van der Waals surface area contributed by atoms with Crippen molar-refractivity contribution in [1.29, 1.82) is 0 Å². The van der Waals surface area contributed by atoms with Crippen molar-refractivity contribution in [3.8, 4) is 5.75 Å². The lowest BCUT2D eigenvalue weighted by Gasteiger charge is -2.07. The monoisotopic (exact) mass is 455 g/mol. The summed E-state index contributed by atoms with van der Waals surface area (Å²) in [6.45, 7) is 0.179. The molecule has 31 heavy (non-hydrogen) atoms. The van der Waals surface area contributed by atoms with Crippen molar-refractivity contribution in [2.24, 2.45) is 0 Å². The van der Waals surface area contributed by atoms with Crippen molar-refractivity contribution in [1.82, 2.24) is 24.5 Å². The molecule has 0 bridgehead atoms. The molecular weight excluding hydrogens is 434 g/mol. The Morgan fingerprint density at radius 3 is 2.52 bits per heavy atom. The Kier molecular flexibility index (Phi) is 6.50. The molecule has 2 heterocycles. The molecule has 0 saturated heterocycles. The Bertz CT molecular complexity index is 1260. The molecule has 0 aliphatic carbocycles. The number of rotatable bonds is 9. The number of benzene rings is 2. The molecule has 0 aliphatic rings. The number of sulfonamides is 1. The van der Waals surface area contributed by atoms with Crippen molar-refractivity contribution < 1.29 is 13.2 Å². The van der Waals surface area contributed by atoms with E-state index in [2.05, 4.69) is 32.2 Å². The number of fused-ring (bicyclic) bond motifs is 1. The van der Waals surface area contributed by atoms with Crippen LogP contribution >= 0.6 is 11.8 Å². The molecule has 1 N–H and O–H groups in total. The van der Waals surface area contributed by atoms with Crippen LogP contribution in [0, 0.1) is 0 Å². The quantitative estimate of drug-likeness (QED) is 0.388. The minimum Gasteiger partial charge on any atom is -0.497 e. The van der Waals surface area contributed by atoms with E-state index in [4.69, 9.17) is 4.74 Å². The van der Waals surface area contributed by atoms with E-state index < -0.39 is 10.0 Å². The van der Waals surface area contributed by atoms with Gasteiger partial charge in [-0.15, -0.1) is 10.2 Å². The van der Waals surface area contributed by atoms with E-state index in [-0.39, 0.29) is 11.4 Å². The predicted octanol–water partition coefficient (Wildman–Crippen LogP) is 2.95. The van der Waals surface area contributed by atoms with Crippen LogP contribution in [0.15, 0.2) is 76.7 Å². The molecule has 0 amide bonds. The number of ether oxygens (including phenoxy) is 1. The summed E-state index contributed by atoms with van der Waals surface area (Å²) in [6.07, 6.45) is 0.357. The minimum atomic E-state index is -3.63. The second-order valence-electron chi connectivity index (χ2n) is 6.66. The van der Waals surface area contributed by atoms with Gasteiger partial charge in [0.1, 0.15) is 10.8 Å². The maximum absolute atomic E-state index is 12.5. The lowest BCUT2D eigenvalue weighted by Crippen LogP contribution is -2.26. The molecule has 2 aromatic carbocycles. The Morgan fingerprint density at radius 2 is 1.77 bits per heavy atom. The highest BCUT2D eigenvalue weighted by Gasteiger charge is 2.15. The number of nitrogens with one attached hydrogen (secondary N) is 1. The molecule has 0 radical (unpaired) electrons. The lowest BCUT2D eigenvalue weighted by molar-refractivity contribution is 0.414. The molecule has 8 nitrogen and oxygen atoms in total. The summed E-state index contributed by atoms with van der Waals surface area (Å²) < 4.78 is 34.3. The van der Waals surface area contributed by atoms with Gasteiger partial charge >= 0.3 is 0 Å². The van der Waals surface area contributed by atoms with Gasteiger partial charge in [-0.25, -0.2) is 13.1 Å². The first-order chi connectivity index (χ1) is 15.0. The summed E-state index contributed by atoms with van der Waals surface area (Å²) in [4.78, 5) is 0.178. The fourth-order valence-corrected chi connectivity index (χ4v) is 4.76. The normalized spacial score (nSPS) is 11.6.